The first-order valence-electron chi connectivity index (χ1n) is 0.583. The molecule has 3 nitrogen and oxygen atoms in total. The van der Waals surface area contributed by atoms with Crippen molar-refractivity contribution < 1.29 is 27.5 Å². The monoisotopic (exact) mass is 101 g/mol. The number of rotatable bonds is 0. The molecule has 0 saturated heterocycles. The van der Waals surface area contributed by atoms with E-state index in [0.29, 0.717) is 0 Å². The third-order valence-electron chi connectivity index (χ3n) is 0. The van der Waals surface area contributed by atoms with Crippen molar-refractivity contribution in [3.05, 3.63) is 0 Å². The Labute approximate surface area is 28.4 Å². The van der Waals surface area contributed by atoms with Crippen LogP contribution in [0.1, 0.15) is 0 Å². The molecule has 0 bridgehead atoms. The molecule has 2 N–H and O–H groups in total. The van der Waals surface area contributed by atoms with Crippen LogP contribution in [0.4, 0.5) is 0 Å². The maximum absolute atomic E-state index is 8.78. The van der Waals surface area contributed by atoms with E-state index in [-0.39, 0.29) is 0 Å². The van der Waals surface area contributed by atoms with Crippen molar-refractivity contribution in [1.29, 1.82) is 0 Å². The van der Waals surface area contributed by atoms with Crippen molar-refractivity contribution in [2.24, 2.45) is 0 Å². The number of hydrogen-bond acceptors (Lipinski definition) is 1. The molecule has 0 spiro atoms. The van der Waals surface area contributed by atoms with Crippen LogP contribution in [0.2, 0.25) is 0 Å². The van der Waals surface area contributed by atoms with Crippen molar-refractivity contribution in [3.8, 4) is 0 Å². The van der Waals surface area contributed by atoms with E-state index in [9.17, 15) is 0 Å². The first kappa shape index (κ1) is 4.30. The molecule has 0 radical (unpaired) electrons. The molecule has 0 rings (SSSR count). The van der Waals surface area contributed by atoms with Crippen LogP contribution in [0, 0.1) is 0 Å². The van der Waals surface area contributed by atoms with Gasteiger partial charge >= 0.3 is 27.5 Å². The van der Waals surface area contributed by atoms with Gasteiger partial charge in [-0.3, -0.25) is 0 Å². The molecule has 4 heavy (non-hydrogen) atoms. The van der Waals surface area contributed by atoms with Gasteiger partial charge in [-0.15, -0.1) is 0 Å². The van der Waals surface area contributed by atoms with Gasteiger partial charge in [0, 0.05) is 0 Å². The Hall–Kier alpha value is 0.304. The van der Waals surface area contributed by atoms with Gasteiger partial charge in [-0.25, -0.2) is 0 Å². The molecule has 0 fully saturated rings. The zero-order valence-corrected chi connectivity index (χ0v) is 3.15. The van der Waals surface area contributed by atoms with E-state index in [1.54, 1.807) is 0 Å². The third-order valence-corrected chi connectivity index (χ3v) is 0. The predicted octanol–water partition coefficient (Wildman–Crippen LogP) is -1.24. The van der Waals surface area contributed by atoms with E-state index >= 15 is 0 Å². The van der Waals surface area contributed by atoms with Crippen molar-refractivity contribution in [2.75, 3.05) is 0 Å². The summed E-state index contributed by atoms with van der Waals surface area (Å²) >= 11 is -3.44. The average Bonchev–Trinajstić information content (AvgIpc) is 0.811. The molecular weight excluding hydrogens is 98.9 g/mol. The molecule has 0 aromatic rings. The fourth-order valence-electron chi connectivity index (χ4n) is 0. The Kier molecular flexibility index (Phi) is 1.73. The molecule has 25 valence electrons. The first-order chi connectivity index (χ1) is 1.73. The summed E-state index contributed by atoms with van der Waals surface area (Å²) in [5.74, 6) is 0. The van der Waals surface area contributed by atoms with E-state index < -0.39 is 15.8 Å². The topological polar surface area (TPSA) is 57.5 Å². The molecule has 0 unspecified atom stereocenters. The van der Waals surface area contributed by atoms with E-state index in [4.69, 9.17) is 11.7 Å². The van der Waals surface area contributed by atoms with Crippen LogP contribution in [0.15, 0.2) is 0 Å². The maximum atomic E-state index is 8.78. The van der Waals surface area contributed by atoms with Gasteiger partial charge in [-0.1, -0.05) is 0 Å². The molecule has 0 aliphatic carbocycles. The van der Waals surface area contributed by atoms with Crippen molar-refractivity contribution in [3.63, 3.8) is 0 Å². The minimum atomic E-state index is -3.44. The van der Waals surface area contributed by atoms with Gasteiger partial charge in [0.25, 0.3) is 0 Å². The van der Waals surface area contributed by atoms with E-state index in [1.807, 2.05) is 0 Å². The second kappa shape index (κ2) is 1.61. The third kappa shape index (κ3) is 42.3. The molecule has 0 aromatic heterocycles. The minimum absolute atomic E-state index is 3.44. The second-order valence-corrected chi connectivity index (χ2v) is 1.04. The fourth-order valence-corrected chi connectivity index (χ4v) is 0. The summed E-state index contributed by atoms with van der Waals surface area (Å²) in [6, 6.07) is 0. The molecule has 0 heterocycles. The molecule has 0 saturated carbocycles. The van der Waals surface area contributed by atoms with Crippen molar-refractivity contribution in [1.82, 2.24) is 0 Å². The van der Waals surface area contributed by atoms with Crippen molar-refractivity contribution in [2.45, 2.75) is 0 Å². The zero-order valence-electron chi connectivity index (χ0n) is 1.75. The van der Waals surface area contributed by atoms with Crippen LogP contribution in [-0.2, 0) is 19.5 Å². The van der Waals surface area contributed by atoms with Gasteiger partial charge in [0.2, 0.25) is 0 Å². The summed E-state index contributed by atoms with van der Waals surface area (Å²) in [6.07, 6.45) is 0. The Morgan fingerprint density at radius 3 is 1.50 bits per heavy atom. The van der Waals surface area contributed by atoms with Gasteiger partial charge in [0.15, 0.2) is 0 Å². The van der Waals surface area contributed by atoms with Crippen LogP contribution in [0.3, 0.4) is 0 Å². The summed E-state index contributed by atoms with van der Waals surface area (Å²) in [4.78, 5) is 0. The summed E-state index contributed by atoms with van der Waals surface area (Å²) in [7, 11) is 0. The quantitative estimate of drug-likeness (QED) is 0.401. The molecule has 0 aliphatic rings. The van der Waals surface area contributed by atoms with E-state index in [0.717, 1.165) is 0 Å². The van der Waals surface area contributed by atoms with Crippen LogP contribution in [0.25, 0.3) is 0 Å². The first-order valence-corrected chi connectivity index (χ1v) is 2.40. The van der Waals surface area contributed by atoms with Crippen LogP contribution < -0.4 is 0 Å². The summed E-state index contributed by atoms with van der Waals surface area (Å²) in [5, 5.41) is 0. The van der Waals surface area contributed by atoms with Gasteiger partial charge in [-0.05, 0) is 0 Å². The molecule has 0 atom stereocenters. The molecule has 0 aliphatic heterocycles. The van der Waals surface area contributed by atoms with Crippen molar-refractivity contribution >= 4 is 0 Å². The Morgan fingerprint density at radius 2 is 1.50 bits per heavy atom. The summed E-state index contributed by atoms with van der Waals surface area (Å²) < 4.78 is 23.2. The standard InChI is InChI=1S/2H2O.O.V/h2*1H2;;/q;;;+2/p-2. The Bertz CT molecular complexity index is 26.3. The molecule has 0 aromatic carbocycles. The summed E-state index contributed by atoms with van der Waals surface area (Å²) in [6.45, 7) is 0. The molecule has 4 heteroatoms. The van der Waals surface area contributed by atoms with Gasteiger partial charge in [0.1, 0.15) is 0 Å². The fraction of sp³-hybridized carbons (Fsp3) is 0. The Morgan fingerprint density at radius 1 is 1.50 bits per heavy atom. The molecule has 0 amide bonds. The molecular formula is H2O3V. The predicted molar refractivity (Wildman–Crippen MR) is 5.12 cm³/mol. The average molecular weight is 101 g/mol. The van der Waals surface area contributed by atoms with Gasteiger partial charge in [-0.2, -0.15) is 0 Å². The van der Waals surface area contributed by atoms with Gasteiger partial charge in [0.05, 0.1) is 0 Å². The number of hydrogen-bond donors (Lipinski definition) is 2. The normalized spacial score (nSPS) is 6.50. The van der Waals surface area contributed by atoms with E-state index in [1.165, 1.54) is 0 Å². The SMILES string of the molecule is [O]=[V]([OH])[OH]. The summed E-state index contributed by atoms with van der Waals surface area (Å²) in [5.41, 5.74) is 0. The van der Waals surface area contributed by atoms with E-state index in [2.05, 4.69) is 0 Å². The van der Waals surface area contributed by atoms with Crippen LogP contribution in [0.5, 0.6) is 0 Å². The van der Waals surface area contributed by atoms with Crippen LogP contribution >= 0.6 is 0 Å². The van der Waals surface area contributed by atoms with Crippen LogP contribution in [-0.4, -0.2) is 8.06 Å². The Balaban J connectivity index is 2.80. The van der Waals surface area contributed by atoms with Gasteiger partial charge < -0.3 is 0 Å². The zero-order chi connectivity index (χ0) is 3.58. The second-order valence-electron chi connectivity index (χ2n) is 0.253.